The van der Waals surface area contributed by atoms with Crippen LogP contribution in [0.1, 0.15) is 12.8 Å². The number of rotatable bonds is 2. The summed E-state index contributed by atoms with van der Waals surface area (Å²) in [5.41, 5.74) is 5.39. The third kappa shape index (κ3) is 1.37. The molecule has 0 aromatic carbocycles. The van der Waals surface area contributed by atoms with Crippen LogP contribution >= 0.6 is 0 Å². The van der Waals surface area contributed by atoms with Crippen molar-refractivity contribution in [2.45, 2.75) is 12.8 Å². The number of aliphatic hydroxyl groups is 1. The van der Waals surface area contributed by atoms with Gasteiger partial charge in [-0.3, -0.25) is 0 Å². The van der Waals surface area contributed by atoms with Crippen LogP contribution in [0.5, 0.6) is 0 Å². The Kier molecular flexibility index (Phi) is 2.87. The van der Waals surface area contributed by atoms with Gasteiger partial charge in [0.2, 0.25) is 0 Å². The van der Waals surface area contributed by atoms with Crippen LogP contribution in [0.4, 0.5) is 0 Å². The fourth-order valence-electron chi connectivity index (χ4n) is 1.52. The molecular formula is C8H14N2O2. The van der Waals surface area contributed by atoms with Crippen LogP contribution in [-0.2, 0) is 4.79 Å². The molecule has 4 nitrogen and oxygen atoms in total. The Morgan fingerprint density at radius 2 is 2.50 bits per heavy atom. The molecule has 0 spiro atoms. The summed E-state index contributed by atoms with van der Waals surface area (Å²) in [7, 11) is 0. The predicted molar refractivity (Wildman–Crippen MR) is 45.0 cm³/mol. The quantitative estimate of drug-likeness (QED) is 0.466. The molecule has 68 valence electrons. The number of nitrogens with two attached hydrogens (primary N) is 1. The van der Waals surface area contributed by atoms with Crippen molar-refractivity contribution in [2.75, 3.05) is 19.7 Å². The lowest BCUT2D eigenvalue weighted by atomic mass is 9.79. The molecule has 4 N–H and O–H groups in total. The van der Waals surface area contributed by atoms with E-state index in [0.29, 0.717) is 12.2 Å². The summed E-state index contributed by atoms with van der Waals surface area (Å²) in [6.45, 7) is 0.981. The molecule has 0 aromatic rings. The molecule has 0 radical (unpaired) electrons. The largest absolute Gasteiger partial charge is 0.395 e. The van der Waals surface area contributed by atoms with Crippen LogP contribution in [0.15, 0.2) is 5.70 Å². The first-order valence-corrected chi connectivity index (χ1v) is 4.09. The van der Waals surface area contributed by atoms with E-state index < -0.39 is 5.41 Å². The summed E-state index contributed by atoms with van der Waals surface area (Å²) in [6, 6.07) is 0. The Hall–Kier alpha value is -0.830. The number of nitrogens with one attached hydrogen (secondary N) is 1. The van der Waals surface area contributed by atoms with Crippen molar-refractivity contribution >= 4 is 5.94 Å². The summed E-state index contributed by atoms with van der Waals surface area (Å²) >= 11 is 0. The van der Waals surface area contributed by atoms with Gasteiger partial charge in [-0.15, -0.1) is 0 Å². The van der Waals surface area contributed by atoms with Crippen LogP contribution in [0.3, 0.4) is 0 Å². The van der Waals surface area contributed by atoms with Gasteiger partial charge in [-0.25, -0.2) is 4.79 Å². The highest BCUT2D eigenvalue weighted by Crippen LogP contribution is 2.30. The molecule has 1 atom stereocenters. The van der Waals surface area contributed by atoms with Gasteiger partial charge in [0.05, 0.1) is 12.0 Å². The second-order valence-electron chi connectivity index (χ2n) is 3.15. The van der Waals surface area contributed by atoms with Crippen LogP contribution in [0.25, 0.3) is 0 Å². The topological polar surface area (TPSA) is 75.3 Å². The van der Waals surface area contributed by atoms with Crippen molar-refractivity contribution in [3.05, 3.63) is 5.70 Å². The lowest BCUT2D eigenvalue weighted by Gasteiger charge is -2.35. The molecule has 0 bridgehead atoms. The molecule has 1 saturated heterocycles. The first-order valence-electron chi connectivity index (χ1n) is 4.09. The molecular weight excluding hydrogens is 156 g/mol. The van der Waals surface area contributed by atoms with E-state index in [0.717, 1.165) is 19.4 Å². The SMILES string of the molecule is NCC1(CO)CCCNC1=C=O. The molecule has 12 heavy (non-hydrogen) atoms. The zero-order valence-corrected chi connectivity index (χ0v) is 6.97. The second-order valence-corrected chi connectivity index (χ2v) is 3.15. The van der Waals surface area contributed by atoms with Gasteiger partial charge in [-0.2, -0.15) is 0 Å². The Morgan fingerprint density at radius 3 is 2.92 bits per heavy atom. The zero-order chi connectivity index (χ0) is 9.03. The molecule has 1 heterocycles. The van der Waals surface area contributed by atoms with Gasteiger partial charge in [-0.1, -0.05) is 0 Å². The van der Waals surface area contributed by atoms with E-state index in [1.54, 1.807) is 0 Å². The number of aliphatic hydroxyl groups excluding tert-OH is 1. The minimum atomic E-state index is -0.556. The van der Waals surface area contributed by atoms with E-state index >= 15 is 0 Å². The average Bonchev–Trinajstić information content (AvgIpc) is 2.17. The third-order valence-electron chi connectivity index (χ3n) is 2.46. The minimum Gasteiger partial charge on any atom is -0.395 e. The van der Waals surface area contributed by atoms with Gasteiger partial charge in [0.1, 0.15) is 11.6 Å². The molecule has 1 unspecified atom stereocenters. The first-order chi connectivity index (χ1) is 5.79. The van der Waals surface area contributed by atoms with E-state index in [4.69, 9.17) is 10.8 Å². The molecule has 0 aliphatic carbocycles. The first kappa shape index (κ1) is 9.26. The molecule has 4 heteroatoms. The number of piperidine rings is 1. The van der Waals surface area contributed by atoms with Gasteiger partial charge in [0.15, 0.2) is 0 Å². The Balaban J connectivity index is 2.88. The van der Waals surface area contributed by atoms with Crippen molar-refractivity contribution in [1.29, 1.82) is 0 Å². The molecule has 1 aliphatic heterocycles. The van der Waals surface area contributed by atoms with Crippen LogP contribution < -0.4 is 11.1 Å². The second kappa shape index (κ2) is 3.72. The van der Waals surface area contributed by atoms with Crippen molar-refractivity contribution in [3.63, 3.8) is 0 Å². The highest BCUT2D eigenvalue weighted by molar-refractivity contribution is 5.54. The number of carbonyl (C=O) groups excluding carboxylic acids is 1. The average molecular weight is 170 g/mol. The van der Waals surface area contributed by atoms with Gasteiger partial charge in [0.25, 0.3) is 0 Å². The molecule has 1 fully saturated rings. The fraction of sp³-hybridized carbons (Fsp3) is 0.750. The number of hydrogen-bond donors (Lipinski definition) is 3. The standard InChI is InChI=1S/C8H14N2O2/c9-5-8(6-12)2-1-3-10-7(8)4-11/h10,12H,1-3,5-6,9H2. The van der Waals surface area contributed by atoms with E-state index in [2.05, 4.69) is 5.32 Å². The lowest BCUT2D eigenvalue weighted by molar-refractivity contribution is 0.135. The lowest BCUT2D eigenvalue weighted by Crippen LogP contribution is -2.45. The normalized spacial score (nSPS) is 29.3. The monoisotopic (exact) mass is 170 g/mol. The summed E-state index contributed by atoms with van der Waals surface area (Å²) in [5.74, 6) is 1.81. The molecule has 0 saturated carbocycles. The van der Waals surface area contributed by atoms with Crippen LogP contribution in [0.2, 0.25) is 0 Å². The van der Waals surface area contributed by atoms with Gasteiger partial charge in [-0.05, 0) is 12.8 Å². The summed E-state index contributed by atoms with van der Waals surface area (Å²) in [6.07, 6.45) is 1.69. The summed E-state index contributed by atoms with van der Waals surface area (Å²) < 4.78 is 0. The highest BCUT2D eigenvalue weighted by atomic mass is 16.3. The third-order valence-corrected chi connectivity index (χ3v) is 2.46. The Bertz CT molecular complexity index is 205. The maximum absolute atomic E-state index is 10.5. The van der Waals surface area contributed by atoms with Crippen molar-refractivity contribution in [2.24, 2.45) is 11.1 Å². The molecule has 1 aliphatic rings. The van der Waals surface area contributed by atoms with Gasteiger partial charge in [0, 0.05) is 13.1 Å². The van der Waals surface area contributed by atoms with E-state index in [-0.39, 0.29) is 6.61 Å². The van der Waals surface area contributed by atoms with E-state index in [9.17, 15) is 4.79 Å². The summed E-state index contributed by atoms with van der Waals surface area (Å²) in [5, 5.41) is 12.0. The van der Waals surface area contributed by atoms with Crippen LogP contribution in [0, 0.1) is 5.41 Å². The predicted octanol–water partition coefficient (Wildman–Crippen LogP) is -0.977. The maximum atomic E-state index is 10.5. The highest BCUT2D eigenvalue weighted by Gasteiger charge is 2.35. The van der Waals surface area contributed by atoms with Crippen molar-refractivity contribution in [1.82, 2.24) is 5.32 Å². The molecule has 1 rings (SSSR count). The van der Waals surface area contributed by atoms with Crippen molar-refractivity contribution < 1.29 is 9.90 Å². The smallest absolute Gasteiger partial charge is 0.146 e. The summed E-state index contributed by atoms with van der Waals surface area (Å²) in [4.78, 5) is 10.5. The Morgan fingerprint density at radius 1 is 1.75 bits per heavy atom. The van der Waals surface area contributed by atoms with Gasteiger partial charge >= 0.3 is 0 Å². The fourth-order valence-corrected chi connectivity index (χ4v) is 1.52. The van der Waals surface area contributed by atoms with E-state index in [1.165, 1.54) is 0 Å². The van der Waals surface area contributed by atoms with Crippen molar-refractivity contribution in [3.8, 4) is 0 Å². The van der Waals surface area contributed by atoms with E-state index in [1.807, 2.05) is 5.94 Å². The van der Waals surface area contributed by atoms with Crippen LogP contribution in [-0.4, -0.2) is 30.7 Å². The van der Waals surface area contributed by atoms with Gasteiger partial charge < -0.3 is 16.2 Å². The minimum absolute atomic E-state index is 0.0823. The molecule has 0 aromatic heterocycles. The molecule has 0 amide bonds. The maximum Gasteiger partial charge on any atom is 0.146 e. The zero-order valence-electron chi connectivity index (χ0n) is 6.97. The Labute approximate surface area is 71.4 Å². The number of hydrogen-bond acceptors (Lipinski definition) is 4.